The second-order valence-electron chi connectivity index (χ2n) is 4.74. The zero-order valence-corrected chi connectivity index (χ0v) is 16.3. The molecule has 8 heteroatoms. The summed E-state index contributed by atoms with van der Waals surface area (Å²) in [5.74, 6) is 2.37. The van der Waals surface area contributed by atoms with Crippen LogP contribution in [0.2, 0.25) is 0 Å². The largest absolute Gasteiger partial charge is 0.450 e. The number of likely N-dealkylation sites (tertiary alicyclic amines) is 1. The molecule has 1 aliphatic rings. The van der Waals surface area contributed by atoms with Gasteiger partial charge < -0.3 is 20.7 Å². The summed E-state index contributed by atoms with van der Waals surface area (Å²) < 4.78 is 4.99. The van der Waals surface area contributed by atoms with Crippen LogP contribution < -0.4 is 11.1 Å². The Labute approximate surface area is 154 Å². The van der Waals surface area contributed by atoms with Crippen LogP contribution in [0.25, 0.3) is 0 Å². The highest BCUT2D eigenvalue weighted by atomic mass is 127. The maximum atomic E-state index is 11.6. The van der Waals surface area contributed by atoms with Crippen molar-refractivity contribution in [3.63, 3.8) is 0 Å². The molecular formula is C14H27IN4O2S. The van der Waals surface area contributed by atoms with E-state index in [9.17, 15) is 4.79 Å². The van der Waals surface area contributed by atoms with E-state index in [2.05, 4.69) is 16.9 Å². The fourth-order valence-electron chi connectivity index (χ4n) is 2.07. The fraction of sp³-hybridized carbons (Fsp3) is 0.714. The van der Waals surface area contributed by atoms with Gasteiger partial charge in [-0.2, -0.15) is 11.8 Å². The molecule has 0 unspecified atom stereocenters. The summed E-state index contributed by atoms with van der Waals surface area (Å²) in [4.78, 5) is 17.6. The standard InChI is InChI=1S/C14H26N4O2S.HI/c1-3-10-21-11-7-16-13(15)17-12-5-8-18(9-6-12)14(19)20-4-2;/h3,12H,1,4-11H2,2H3,(H3,15,16,17);1H. The number of hydrogen-bond acceptors (Lipinski definition) is 4. The third-order valence-corrected chi connectivity index (χ3v) is 4.07. The Hall–Kier alpha value is -0.640. The first-order valence-corrected chi connectivity index (χ1v) is 8.49. The van der Waals surface area contributed by atoms with Crippen LogP contribution in [0.15, 0.2) is 17.6 Å². The van der Waals surface area contributed by atoms with Gasteiger partial charge in [0, 0.05) is 30.6 Å². The summed E-state index contributed by atoms with van der Waals surface area (Å²) in [6.45, 7) is 8.00. The summed E-state index contributed by atoms with van der Waals surface area (Å²) >= 11 is 1.78. The molecule has 0 aromatic carbocycles. The summed E-state index contributed by atoms with van der Waals surface area (Å²) in [5, 5.41) is 3.22. The van der Waals surface area contributed by atoms with Crippen LogP contribution >= 0.6 is 35.7 Å². The minimum atomic E-state index is -0.225. The highest BCUT2D eigenvalue weighted by molar-refractivity contribution is 14.0. The van der Waals surface area contributed by atoms with E-state index in [1.807, 2.05) is 13.0 Å². The van der Waals surface area contributed by atoms with Gasteiger partial charge in [-0.15, -0.1) is 30.6 Å². The molecule has 1 saturated heterocycles. The van der Waals surface area contributed by atoms with Crippen molar-refractivity contribution in [2.45, 2.75) is 25.8 Å². The first-order valence-electron chi connectivity index (χ1n) is 7.34. The van der Waals surface area contributed by atoms with Gasteiger partial charge in [-0.1, -0.05) is 6.08 Å². The number of nitrogens with two attached hydrogens (primary N) is 1. The average Bonchev–Trinajstić information content (AvgIpc) is 2.48. The van der Waals surface area contributed by atoms with E-state index in [4.69, 9.17) is 10.5 Å². The highest BCUT2D eigenvalue weighted by Crippen LogP contribution is 2.11. The normalized spacial score (nSPS) is 15.9. The molecule has 0 aromatic heterocycles. The lowest BCUT2D eigenvalue weighted by atomic mass is 10.1. The zero-order chi connectivity index (χ0) is 15.5. The number of nitrogens with zero attached hydrogens (tertiary/aromatic N) is 2. The molecule has 1 aliphatic heterocycles. The monoisotopic (exact) mass is 442 g/mol. The van der Waals surface area contributed by atoms with Gasteiger partial charge in [-0.3, -0.25) is 4.99 Å². The Morgan fingerprint density at radius 2 is 2.23 bits per heavy atom. The van der Waals surface area contributed by atoms with E-state index in [-0.39, 0.29) is 36.1 Å². The third-order valence-electron chi connectivity index (χ3n) is 3.13. The molecule has 1 rings (SSSR count). The second-order valence-corrected chi connectivity index (χ2v) is 5.88. The number of amides is 1. The average molecular weight is 442 g/mol. The molecule has 0 aliphatic carbocycles. The predicted octanol–water partition coefficient (Wildman–Crippen LogP) is 2.05. The smallest absolute Gasteiger partial charge is 0.409 e. The lowest BCUT2D eigenvalue weighted by molar-refractivity contribution is 0.0963. The third kappa shape index (κ3) is 8.72. The highest BCUT2D eigenvalue weighted by Gasteiger charge is 2.23. The first kappa shape index (κ1) is 21.4. The summed E-state index contributed by atoms with van der Waals surface area (Å²) in [7, 11) is 0. The number of rotatable bonds is 7. The summed E-state index contributed by atoms with van der Waals surface area (Å²) in [6.07, 6.45) is 3.38. The topological polar surface area (TPSA) is 80.0 Å². The van der Waals surface area contributed by atoms with Crippen LogP contribution in [-0.4, -0.2) is 60.7 Å². The molecule has 1 amide bonds. The van der Waals surface area contributed by atoms with E-state index in [1.165, 1.54) is 0 Å². The van der Waals surface area contributed by atoms with Crippen LogP contribution in [0, 0.1) is 0 Å². The Kier molecular flexibility index (Phi) is 12.5. The number of piperidine rings is 1. The molecule has 22 heavy (non-hydrogen) atoms. The SMILES string of the molecule is C=CCSCCN=C(N)NC1CCN(C(=O)OCC)CC1.I. The zero-order valence-electron chi connectivity index (χ0n) is 13.1. The number of aliphatic imine (C=N–C) groups is 1. The van der Waals surface area contributed by atoms with E-state index in [0.717, 1.165) is 24.3 Å². The van der Waals surface area contributed by atoms with Gasteiger partial charge in [-0.05, 0) is 19.8 Å². The lowest BCUT2D eigenvalue weighted by Crippen LogP contribution is -2.48. The number of halogens is 1. The number of ether oxygens (including phenoxy) is 1. The van der Waals surface area contributed by atoms with Crippen LogP contribution in [0.5, 0.6) is 0 Å². The summed E-state index contributed by atoms with van der Waals surface area (Å²) in [5.41, 5.74) is 5.87. The second kappa shape index (κ2) is 12.9. The van der Waals surface area contributed by atoms with Crippen molar-refractivity contribution in [3.05, 3.63) is 12.7 Å². The van der Waals surface area contributed by atoms with Gasteiger partial charge in [0.05, 0.1) is 13.2 Å². The molecule has 128 valence electrons. The van der Waals surface area contributed by atoms with Crippen molar-refractivity contribution in [3.8, 4) is 0 Å². The fourth-order valence-corrected chi connectivity index (χ4v) is 2.63. The number of carbonyl (C=O) groups is 1. The molecular weight excluding hydrogens is 415 g/mol. The van der Waals surface area contributed by atoms with Crippen molar-refractivity contribution in [1.29, 1.82) is 0 Å². The van der Waals surface area contributed by atoms with Crippen molar-refractivity contribution >= 4 is 47.8 Å². The molecule has 0 saturated carbocycles. The van der Waals surface area contributed by atoms with Crippen LogP contribution in [0.3, 0.4) is 0 Å². The molecule has 1 fully saturated rings. The quantitative estimate of drug-likeness (QED) is 0.208. The molecule has 0 atom stereocenters. The van der Waals surface area contributed by atoms with E-state index >= 15 is 0 Å². The van der Waals surface area contributed by atoms with Crippen molar-refractivity contribution < 1.29 is 9.53 Å². The van der Waals surface area contributed by atoms with Gasteiger partial charge in [0.25, 0.3) is 0 Å². The van der Waals surface area contributed by atoms with Gasteiger partial charge >= 0.3 is 6.09 Å². The first-order chi connectivity index (χ1) is 10.2. The van der Waals surface area contributed by atoms with Crippen molar-refractivity contribution in [1.82, 2.24) is 10.2 Å². The molecule has 0 spiro atoms. The molecule has 0 bridgehead atoms. The maximum absolute atomic E-state index is 11.6. The Balaban J connectivity index is 0.00000441. The van der Waals surface area contributed by atoms with Crippen LogP contribution in [0.1, 0.15) is 19.8 Å². The molecule has 0 radical (unpaired) electrons. The predicted molar refractivity (Wildman–Crippen MR) is 104 cm³/mol. The Morgan fingerprint density at radius 1 is 1.55 bits per heavy atom. The number of guanidine groups is 1. The van der Waals surface area contributed by atoms with E-state index < -0.39 is 0 Å². The Morgan fingerprint density at radius 3 is 2.82 bits per heavy atom. The van der Waals surface area contributed by atoms with Crippen molar-refractivity contribution in [2.24, 2.45) is 10.7 Å². The number of carbonyl (C=O) groups excluding carboxylic acids is 1. The van der Waals surface area contributed by atoms with Crippen LogP contribution in [-0.2, 0) is 4.74 Å². The van der Waals surface area contributed by atoms with Gasteiger partial charge in [0.15, 0.2) is 5.96 Å². The van der Waals surface area contributed by atoms with Gasteiger partial charge in [0.2, 0.25) is 0 Å². The molecule has 1 heterocycles. The minimum absolute atomic E-state index is 0. The number of hydrogen-bond donors (Lipinski definition) is 2. The van der Waals surface area contributed by atoms with E-state index in [1.54, 1.807) is 16.7 Å². The van der Waals surface area contributed by atoms with Crippen LogP contribution in [0.4, 0.5) is 4.79 Å². The molecule has 6 nitrogen and oxygen atoms in total. The van der Waals surface area contributed by atoms with Gasteiger partial charge in [-0.25, -0.2) is 4.79 Å². The van der Waals surface area contributed by atoms with E-state index in [0.29, 0.717) is 32.2 Å². The van der Waals surface area contributed by atoms with Gasteiger partial charge in [0.1, 0.15) is 0 Å². The molecule has 3 N–H and O–H groups in total. The lowest BCUT2D eigenvalue weighted by Gasteiger charge is -2.31. The molecule has 0 aromatic rings. The minimum Gasteiger partial charge on any atom is -0.450 e. The number of nitrogens with one attached hydrogen (secondary N) is 1. The maximum Gasteiger partial charge on any atom is 0.409 e. The number of thioether (sulfide) groups is 1. The summed E-state index contributed by atoms with van der Waals surface area (Å²) in [6, 6.07) is 0.278. The van der Waals surface area contributed by atoms with Crippen molar-refractivity contribution in [2.75, 3.05) is 37.7 Å². The Bertz CT molecular complexity index is 361.